The van der Waals surface area contributed by atoms with E-state index in [4.69, 9.17) is 15.2 Å². The molecule has 7 nitrogen and oxygen atoms in total. The van der Waals surface area contributed by atoms with Gasteiger partial charge in [-0.1, -0.05) is 12.1 Å². The second kappa shape index (κ2) is 6.76. The van der Waals surface area contributed by atoms with E-state index in [0.29, 0.717) is 17.1 Å². The molecular formula is C21H21N5O2. The minimum atomic E-state index is 0.185. The summed E-state index contributed by atoms with van der Waals surface area (Å²) < 4.78 is 12.0. The molecule has 0 amide bonds. The molecule has 3 heterocycles. The number of nitrogens with zero attached hydrogens (tertiary/aromatic N) is 3. The second-order valence-corrected chi connectivity index (χ2v) is 7.50. The molecule has 0 radical (unpaired) electrons. The zero-order valence-corrected chi connectivity index (χ0v) is 15.3. The number of benzene rings is 1. The summed E-state index contributed by atoms with van der Waals surface area (Å²) in [6.07, 6.45) is 7.14. The highest BCUT2D eigenvalue weighted by atomic mass is 16.5. The fourth-order valence-corrected chi connectivity index (χ4v) is 3.89. The molecule has 0 unspecified atom stereocenters. The quantitative estimate of drug-likeness (QED) is 0.708. The van der Waals surface area contributed by atoms with Crippen molar-refractivity contribution in [2.24, 2.45) is 5.41 Å². The average molecular weight is 375 g/mol. The summed E-state index contributed by atoms with van der Waals surface area (Å²) in [6, 6.07) is 11.3. The van der Waals surface area contributed by atoms with E-state index in [0.717, 1.165) is 48.6 Å². The van der Waals surface area contributed by atoms with Crippen molar-refractivity contribution in [3.8, 4) is 28.5 Å². The minimum absolute atomic E-state index is 0.185. The van der Waals surface area contributed by atoms with Crippen molar-refractivity contribution in [1.82, 2.24) is 20.3 Å². The molecule has 142 valence electrons. The first kappa shape index (κ1) is 16.9. The summed E-state index contributed by atoms with van der Waals surface area (Å²) in [4.78, 5) is 12.5. The molecule has 3 N–H and O–H groups in total. The molecule has 0 atom stereocenters. The number of pyridine rings is 1. The second-order valence-electron chi connectivity index (χ2n) is 7.50. The summed E-state index contributed by atoms with van der Waals surface area (Å²) in [5, 5.41) is 3.34. The van der Waals surface area contributed by atoms with Gasteiger partial charge in [0.1, 0.15) is 29.7 Å². The maximum Gasteiger partial charge on any atom is 0.226 e. The molecule has 1 saturated heterocycles. The third-order valence-corrected chi connectivity index (χ3v) is 5.47. The predicted molar refractivity (Wildman–Crippen MR) is 105 cm³/mol. The molecule has 7 heteroatoms. The normalized spacial score (nSPS) is 17.6. The maximum absolute atomic E-state index is 6.18. The molecule has 1 aliphatic heterocycles. The largest absolute Gasteiger partial charge is 0.474 e. The van der Waals surface area contributed by atoms with E-state index in [-0.39, 0.29) is 6.10 Å². The summed E-state index contributed by atoms with van der Waals surface area (Å²) in [7, 11) is 0. The lowest BCUT2D eigenvalue weighted by atomic mass is 9.63. The molecule has 1 aromatic carbocycles. The lowest BCUT2D eigenvalue weighted by Gasteiger charge is -2.53. The van der Waals surface area contributed by atoms with Crippen molar-refractivity contribution in [2.75, 3.05) is 18.8 Å². The molecule has 1 aliphatic carbocycles. The van der Waals surface area contributed by atoms with Crippen LogP contribution in [-0.4, -0.2) is 34.1 Å². The fourth-order valence-electron chi connectivity index (χ4n) is 3.89. The van der Waals surface area contributed by atoms with Gasteiger partial charge in [0.2, 0.25) is 5.88 Å². The first-order valence-electron chi connectivity index (χ1n) is 9.37. The van der Waals surface area contributed by atoms with Crippen molar-refractivity contribution in [3.63, 3.8) is 0 Å². The van der Waals surface area contributed by atoms with E-state index in [1.807, 2.05) is 36.4 Å². The molecule has 1 spiro atoms. The van der Waals surface area contributed by atoms with Gasteiger partial charge >= 0.3 is 0 Å². The molecule has 3 aromatic rings. The Morgan fingerprint density at radius 2 is 1.68 bits per heavy atom. The molecule has 0 bridgehead atoms. The van der Waals surface area contributed by atoms with E-state index in [9.17, 15) is 0 Å². The summed E-state index contributed by atoms with van der Waals surface area (Å²) in [5.74, 6) is 2.42. The number of rotatable bonds is 5. The van der Waals surface area contributed by atoms with Gasteiger partial charge in [0.05, 0.1) is 5.56 Å². The number of hydrogen-bond donors (Lipinski definition) is 2. The number of anilines is 1. The molecule has 2 aromatic heterocycles. The summed E-state index contributed by atoms with van der Waals surface area (Å²) >= 11 is 0. The molecule has 1 saturated carbocycles. The van der Waals surface area contributed by atoms with Gasteiger partial charge in [0, 0.05) is 30.9 Å². The molecule has 5 rings (SSSR count). The molecular weight excluding hydrogens is 354 g/mol. The van der Waals surface area contributed by atoms with E-state index < -0.39 is 0 Å². The summed E-state index contributed by atoms with van der Waals surface area (Å²) in [6.45, 7) is 2.18. The van der Waals surface area contributed by atoms with Crippen molar-refractivity contribution in [2.45, 2.75) is 18.9 Å². The zero-order valence-electron chi connectivity index (χ0n) is 15.3. The van der Waals surface area contributed by atoms with Crippen LogP contribution in [-0.2, 0) is 0 Å². The Morgan fingerprint density at radius 1 is 0.964 bits per heavy atom. The molecule has 2 aliphatic rings. The average Bonchev–Trinajstić information content (AvgIpc) is 2.65. The van der Waals surface area contributed by atoms with E-state index in [1.165, 1.54) is 6.33 Å². The van der Waals surface area contributed by atoms with Crippen LogP contribution in [0.4, 0.5) is 5.82 Å². The van der Waals surface area contributed by atoms with Crippen molar-refractivity contribution in [3.05, 3.63) is 55.1 Å². The highest BCUT2D eigenvalue weighted by Gasteiger charge is 2.49. The third kappa shape index (κ3) is 3.14. The number of aromatic nitrogens is 3. The van der Waals surface area contributed by atoms with Crippen LogP contribution in [0.3, 0.4) is 0 Å². The third-order valence-electron chi connectivity index (χ3n) is 5.47. The van der Waals surface area contributed by atoms with Gasteiger partial charge in [0.15, 0.2) is 0 Å². The first-order valence-corrected chi connectivity index (χ1v) is 9.37. The van der Waals surface area contributed by atoms with Gasteiger partial charge < -0.3 is 20.5 Å². The number of nitrogens with two attached hydrogens (primary N) is 1. The molecule has 2 fully saturated rings. The van der Waals surface area contributed by atoms with Crippen LogP contribution < -0.4 is 20.5 Å². The number of ether oxygens (including phenoxy) is 2. The Kier molecular flexibility index (Phi) is 4.09. The van der Waals surface area contributed by atoms with Crippen molar-refractivity contribution >= 4 is 5.82 Å². The standard InChI is InChI=1S/C21H21N5O2/c22-19-18(14-1-3-15(4-2-14)27-16-5-7-23-8-6-16)20(26-13-25-19)28-17-9-21(10-17)11-24-12-21/h1-8,13,17,24H,9-12H2,(H2,22,25,26). The van der Waals surface area contributed by atoms with E-state index in [2.05, 4.69) is 20.3 Å². The van der Waals surface area contributed by atoms with Crippen LogP contribution >= 0.6 is 0 Å². The smallest absolute Gasteiger partial charge is 0.226 e. The first-order chi connectivity index (χ1) is 13.7. The monoisotopic (exact) mass is 375 g/mol. The minimum Gasteiger partial charge on any atom is -0.474 e. The van der Waals surface area contributed by atoms with Gasteiger partial charge in [0.25, 0.3) is 0 Å². The van der Waals surface area contributed by atoms with E-state index in [1.54, 1.807) is 12.4 Å². The van der Waals surface area contributed by atoms with Gasteiger partial charge in [-0.25, -0.2) is 9.97 Å². The van der Waals surface area contributed by atoms with E-state index >= 15 is 0 Å². The van der Waals surface area contributed by atoms with Gasteiger partial charge in [-0.2, -0.15) is 0 Å². The zero-order chi connectivity index (χ0) is 19.0. The van der Waals surface area contributed by atoms with Crippen LogP contribution in [0.15, 0.2) is 55.1 Å². The number of hydrogen-bond acceptors (Lipinski definition) is 7. The lowest BCUT2D eigenvalue weighted by molar-refractivity contribution is -0.0510. The Balaban J connectivity index is 1.35. The number of nitrogen functional groups attached to an aromatic ring is 1. The Morgan fingerprint density at radius 3 is 2.36 bits per heavy atom. The van der Waals surface area contributed by atoms with Gasteiger partial charge in [-0.3, -0.25) is 4.98 Å². The predicted octanol–water partition coefficient (Wildman–Crippen LogP) is 3.04. The Bertz CT molecular complexity index is 966. The lowest BCUT2D eigenvalue weighted by Crippen LogP contribution is -2.62. The van der Waals surface area contributed by atoms with Crippen LogP contribution in [0.1, 0.15) is 12.8 Å². The van der Waals surface area contributed by atoms with Crippen molar-refractivity contribution in [1.29, 1.82) is 0 Å². The van der Waals surface area contributed by atoms with Crippen LogP contribution in [0.2, 0.25) is 0 Å². The van der Waals surface area contributed by atoms with Gasteiger partial charge in [-0.05, 0) is 42.7 Å². The van der Waals surface area contributed by atoms with Gasteiger partial charge in [-0.15, -0.1) is 0 Å². The topological polar surface area (TPSA) is 95.2 Å². The SMILES string of the molecule is Nc1ncnc(OC2CC3(CNC3)C2)c1-c1ccc(Oc2ccncc2)cc1. The Hall–Kier alpha value is -3.19. The van der Waals surface area contributed by atoms with Crippen LogP contribution in [0.25, 0.3) is 11.1 Å². The Labute approximate surface area is 162 Å². The molecule has 28 heavy (non-hydrogen) atoms. The summed E-state index contributed by atoms with van der Waals surface area (Å²) in [5.41, 5.74) is 8.23. The highest BCUT2D eigenvalue weighted by molar-refractivity contribution is 5.78. The fraction of sp³-hybridized carbons (Fsp3) is 0.286. The van der Waals surface area contributed by atoms with Crippen molar-refractivity contribution < 1.29 is 9.47 Å². The maximum atomic E-state index is 6.18. The highest BCUT2D eigenvalue weighted by Crippen LogP contribution is 2.46. The van der Waals surface area contributed by atoms with Crippen LogP contribution in [0, 0.1) is 5.41 Å². The number of nitrogens with one attached hydrogen (secondary N) is 1. The van der Waals surface area contributed by atoms with Crippen LogP contribution in [0.5, 0.6) is 17.4 Å².